The van der Waals surface area contributed by atoms with E-state index in [4.69, 9.17) is 4.18 Å². The van der Waals surface area contributed by atoms with E-state index in [0.717, 1.165) is 6.26 Å². The lowest BCUT2D eigenvalue weighted by molar-refractivity contribution is 0.199. The summed E-state index contributed by atoms with van der Waals surface area (Å²) in [5.41, 5.74) is 2.39. The van der Waals surface area contributed by atoms with Crippen molar-refractivity contribution in [3.63, 3.8) is 0 Å². The molecule has 4 heteroatoms. The van der Waals surface area contributed by atoms with E-state index in [0.29, 0.717) is 6.42 Å². The highest BCUT2D eigenvalue weighted by Crippen LogP contribution is 2.35. The minimum absolute atomic E-state index is 0.149. The predicted octanol–water partition coefficient (Wildman–Crippen LogP) is 1.69. The normalized spacial score (nSPS) is 25.2. The summed E-state index contributed by atoms with van der Waals surface area (Å²) in [6.45, 7) is 2.00. The second-order valence-electron chi connectivity index (χ2n) is 4.03. The molecule has 1 aliphatic carbocycles. The third-order valence-corrected chi connectivity index (χ3v) is 3.42. The van der Waals surface area contributed by atoms with Crippen molar-refractivity contribution in [3.8, 4) is 0 Å². The maximum atomic E-state index is 11.1. The molecule has 0 unspecified atom stereocenters. The molecule has 0 heterocycles. The SMILES string of the molecule is C[C@H]1c2ccccc2C[C@H]1OS(C)(=O)=O. The maximum Gasteiger partial charge on any atom is 0.264 e. The van der Waals surface area contributed by atoms with Crippen LogP contribution in [-0.4, -0.2) is 20.8 Å². The third kappa shape index (κ3) is 2.21. The fourth-order valence-corrected chi connectivity index (χ4v) is 2.78. The Bertz CT molecular complexity index is 464. The van der Waals surface area contributed by atoms with Crippen molar-refractivity contribution in [2.75, 3.05) is 6.26 Å². The van der Waals surface area contributed by atoms with Crippen molar-refractivity contribution in [1.29, 1.82) is 0 Å². The minimum atomic E-state index is -3.36. The van der Waals surface area contributed by atoms with Crippen LogP contribution < -0.4 is 0 Å². The van der Waals surface area contributed by atoms with Crippen LogP contribution in [0, 0.1) is 0 Å². The summed E-state index contributed by atoms with van der Waals surface area (Å²) in [5, 5.41) is 0. The molecule has 0 saturated carbocycles. The van der Waals surface area contributed by atoms with Gasteiger partial charge in [-0.15, -0.1) is 0 Å². The molecule has 0 aliphatic heterocycles. The fourth-order valence-electron chi connectivity index (χ4n) is 2.10. The topological polar surface area (TPSA) is 43.4 Å². The van der Waals surface area contributed by atoms with Gasteiger partial charge >= 0.3 is 0 Å². The van der Waals surface area contributed by atoms with Crippen LogP contribution in [0.3, 0.4) is 0 Å². The van der Waals surface area contributed by atoms with Crippen molar-refractivity contribution in [2.45, 2.75) is 25.4 Å². The summed E-state index contributed by atoms with van der Waals surface area (Å²) in [5.74, 6) is 0.149. The van der Waals surface area contributed by atoms with Crippen LogP contribution in [0.25, 0.3) is 0 Å². The third-order valence-electron chi connectivity index (χ3n) is 2.82. The first-order valence-corrected chi connectivity index (χ1v) is 6.75. The van der Waals surface area contributed by atoms with E-state index in [9.17, 15) is 8.42 Å². The lowest BCUT2D eigenvalue weighted by atomic mass is 10.0. The molecule has 2 atom stereocenters. The number of hydrogen-bond acceptors (Lipinski definition) is 3. The molecule has 0 amide bonds. The van der Waals surface area contributed by atoms with E-state index in [1.54, 1.807) is 0 Å². The highest BCUT2D eigenvalue weighted by Gasteiger charge is 2.31. The van der Waals surface area contributed by atoms with E-state index >= 15 is 0 Å². The zero-order valence-electron chi connectivity index (χ0n) is 8.80. The van der Waals surface area contributed by atoms with Gasteiger partial charge in [-0.05, 0) is 11.1 Å². The molecule has 1 aromatic rings. The zero-order chi connectivity index (χ0) is 11.1. The van der Waals surface area contributed by atoms with Crippen molar-refractivity contribution < 1.29 is 12.6 Å². The molecule has 82 valence electrons. The number of rotatable bonds is 2. The quantitative estimate of drug-likeness (QED) is 0.721. The zero-order valence-corrected chi connectivity index (χ0v) is 9.62. The van der Waals surface area contributed by atoms with Gasteiger partial charge in [0.2, 0.25) is 0 Å². The van der Waals surface area contributed by atoms with Gasteiger partial charge in [-0.25, -0.2) is 0 Å². The first kappa shape index (κ1) is 10.6. The highest BCUT2D eigenvalue weighted by atomic mass is 32.2. The Morgan fingerprint density at radius 3 is 2.60 bits per heavy atom. The Balaban J connectivity index is 2.24. The van der Waals surface area contributed by atoms with E-state index in [1.165, 1.54) is 11.1 Å². The maximum absolute atomic E-state index is 11.1. The van der Waals surface area contributed by atoms with Gasteiger partial charge in [0.25, 0.3) is 10.1 Å². The molecule has 15 heavy (non-hydrogen) atoms. The summed E-state index contributed by atoms with van der Waals surface area (Å²) in [7, 11) is -3.36. The van der Waals surface area contributed by atoms with E-state index in [1.807, 2.05) is 31.2 Å². The van der Waals surface area contributed by atoms with Crippen molar-refractivity contribution in [1.82, 2.24) is 0 Å². The number of fused-ring (bicyclic) bond motifs is 1. The van der Waals surface area contributed by atoms with Gasteiger partial charge in [0, 0.05) is 12.3 Å². The fraction of sp³-hybridized carbons (Fsp3) is 0.455. The Labute approximate surface area is 90.2 Å². The lowest BCUT2D eigenvalue weighted by Gasteiger charge is -2.14. The summed E-state index contributed by atoms with van der Waals surface area (Å²) in [6, 6.07) is 8.00. The van der Waals surface area contributed by atoms with Gasteiger partial charge in [0.1, 0.15) is 0 Å². The molecule has 0 radical (unpaired) electrons. The van der Waals surface area contributed by atoms with Crippen molar-refractivity contribution >= 4 is 10.1 Å². The monoisotopic (exact) mass is 226 g/mol. The average Bonchev–Trinajstić information content (AvgIpc) is 2.42. The Kier molecular flexibility index (Phi) is 2.56. The summed E-state index contributed by atoms with van der Waals surface area (Å²) < 4.78 is 27.2. The van der Waals surface area contributed by atoms with Gasteiger partial charge in [0.15, 0.2) is 0 Å². The lowest BCUT2D eigenvalue weighted by Crippen LogP contribution is -2.20. The van der Waals surface area contributed by atoms with Crippen LogP contribution in [0.2, 0.25) is 0 Å². The Hall–Kier alpha value is -0.870. The molecule has 0 aromatic heterocycles. The molecule has 2 rings (SSSR count). The Morgan fingerprint density at radius 1 is 1.33 bits per heavy atom. The predicted molar refractivity (Wildman–Crippen MR) is 58.3 cm³/mol. The second-order valence-corrected chi connectivity index (χ2v) is 5.63. The molecule has 0 bridgehead atoms. The average molecular weight is 226 g/mol. The molecular weight excluding hydrogens is 212 g/mol. The molecular formula is C11H14O3S. The van der Waals surface area contributed by atoms with Gasteiger partial charge in [-0.3, -0.25) is 4.18 Å². The largest absolute Gasteiger partial charge is 0.266 e. The van der Waals surface area contributed by atoms with Crippen LogP contribution in [0.15, 0.2) is 24.3 Å². The molecule has 3 nitrogen and oxygen atoms in total. The summed E-state index contributed by atoms with van der Waals surface area (Å²) >= 11 is 0. The van der Waals surface area contributed by atoms with Crippen LogP contribution in [-0.2, 0) is 20.7 Å². The summed E-state index contributed by atoms with van der Waals surface area (Å²) in [4.78, 5) is 0. The highest BCUT2D eigenvalue weighted by molar-refractivity contribution is 7.86. The number of hydrogen-bond donors (Lipinski definition) is 0. The molecule has 0 fully saturated rings. The molecule has 0 spiro atoms. The van der Waals surface area contributed by atoms with Crippen molar-refractivity contribution in [2.24, 2.45) is 0 Å². The van der Waals surface area contributed by atoms with E-state index in [-0.39, 0.29) is 12.0 Å². The van der Waals surface area contributed by atoms with Crippen LogP contribution in [0.4, 0.5) is 0 Å². The van der Waals surface area contributed by atoms with Gasteiger partial charge < -0.3 is 0 Å². The van der Waals surface area contributed by atoms with E-state index < -0.39 is 10.1 Å². The second kappa shape index (κ2) is 3.61. The van der Waals surface area contributed by atoms with Crippen LogP contribution in [0.1, 0.15) is 24.0 Å². The van der Waals surface area contributed by atoms with Gasteiger partial charge in [0.05, 0.1) is 12.4 Å². The smallest absolute Gasteiger partial charge is 0.264 e. The molecule has 1 aromatic carbocycles. The van der Waals surface area contributed by atoms with Crippen LogP contribution >= 0.6 is 0 Å². The van der Waals surface area contributed by atoms with Crippen LogP contribution in [0.5, 0.6) is 0 Å². The minimum Gasteiger partial charge on any atom is -0.266 e. The first-order valence-electron chi connectivity index (χ1n) is 4.93. The molecule has 1 aliphatic rings. The molecule has 0 N–H and O–H groups in total. The molecule has 0 saturated heterocycles. The first-order chi connectivity index (χ1) is 6.97. The standard InChI is InChI=1S/C11H14O3S/c1-8-10-6-4-3-5-9(10)7-11(8)14-15(2,12)13/h3-6,8,11H,7H2,1-2H3/t8-,11+/m0/s1. The van der Waals surface area contributed by atoms with E-state index in [2.05, 4.69) is 0 Å². The number of benzene rings is 1. The Morgan fingerprint density at radius 2 is 2.00 bits per heavy atom. The van der Waals surface area contributed by atoms with Gasteiger partial charge in [-0.2, -0.15) is 8.42 Å². The van der Waals surface area contributed by atoms with Gasteiger partial charge in [-0.1, -0.05) is 31.2 Å². The van der Waals surface area contributed by atoms with Crippen molar-refractivity contribution in [3.05, 3.63) is 35.4 Å². The summed E-state index contributed by atoms with van der Waals surface area (Å²) in [6.07, 6.45) is 1.55.